The number of ether oxygens (including phenoxy) is 1. The van der Waals surface area contributed by atoms with E-state index in [0.29, 0.717) is 38.7 Å². The zero-order chi connectivity index (χ0) is 25.4. The lowest BCUT2D eigenvalue weighted by Gasteiger charge is -2.23. The molecule has 1 aromatic heterocycles. The Bertz CT molecular complexity index is 1520. The van der Waals surface area contributed by atoms with Crippen molar-refractivity contribution >= 4 is 55.7 Å². The van der Waals surface area contributed by atoms with E-state index < -0.39 is 23.5 Å². The summed E-state index contributed by atoms with van der Waals surface area (Å²) in [6.07, 6.45) is 0.850. The van der Waals surface area contributed by atoms with E-state index in [1.54, 1.807) is 48.5 Å². The van der Waals surface area contributed by atoms with Crippen LogP contribution in [0.5, 0.6) is 5.75 Å². The molecule has 1 amide bonds. The molecular formula is C27H20ClFN2O4S. The van der Waals surface area contributed by atoms with E-state index in [2.05, 4.69) is 4.98 Å². The number of Topliss-reactive ketones (excluding diaryl/α,β-unsaturated/α-hetero) is 1. The molecule has 1 fully saturated rings. The van der Waals surface area contributed by atoms with Crippen LogP contribution in [-0.2, 0) is 9.59 Å². The van der Waals surface area contributed by atoms with Crippen molar-refractivity contribution in [3.05, 3.63) is 94.3 Å². The standard InChI is InChI=1S/C27H20ClFN2O4S/c1-2-12-35-19-9-6-15(7-10-19)24(32)22-23(16-4-3-5-17(28)13-16)31(26(34)25(22)33)27-30-20-11-8-18(29)14-21(20)36-27/h3-11,13-14,23,32H,2,12H2,1H3/b24-22+. The predicted octanol–water partition coefficient (Wildman–Crippen LogP) is 6.50. The van der Waals surface area contributed by atoms with Crippen LogP contribution in [0.2, 0.25) is 5.02 Å². The van der Waals surface area contributed by atoms with Crippen molar-refractivity contribution < 1.29 is 23.8 Å². The van der Waals surface area contributed by atoms with E-state index in [4.69, 9.17) is 16.3 Å². The third kappa shape index (κ3) is 4.34. The molecule has 1 atom stereocenters. The highest BCUT2D eigenvalue weighted by atomic mass is 35.5. The number of ketones is 1. The van der Waals surface area contributed by atoms with Gasteiger partial charge in [-0.15, -0.1) is 0 Å². The lowest BCUT2D eigenvalue weighted by Crippen LogP contribution is -2.29. The zero-order valence-corrected chi connectivity index (χ0v) is 20.6. The quantitative estimate of drug-likeness (QED) is 0.177. The molecule has 3 aromatic carbocycles. The summed E-state index contributed by atoms with van der Waals surface area (Å²) in [7, 11) is 0. The summed E-state index contributed by atoms with van der Waals surface area (Å²) in [5.74, 6) is -1.83. The van der Waals surface area contributed by atoms with Gasteiger partial charge in [-0.1, -0.05) is 42.0 Å². The zero-order valence-electron chi connectivity index (χ0n) is 19.1. The number of aliphatic hydroxyl groups excluding tert-OH is 1. The molecule has 0 saturated carbocycles. The van der Waals surface area contributed by atoms with Gasteiger partial charge in [-0.2, -0.15) is 0 Å². The number of carbonyl (C=O) groups is 2. The molecule has 182 valence electrons. The lowest BCUT2D eigenvalue weighted by molar-refractivity contribution is -0.132. The molecule has 36 heavy (non-hydrogen) atoms. The highest BCUT2D eigenvalue weighted by molar-refractivity contribution is 7.22. The molecule has 6 nitrogen and oxygen atoms in total. The number of anilines is 1. The third-order valence-corrected chi connectivity index (χ3v) is 7.01. The number of halogens is 2. The number of hydrogen-bond acceptors (Lipinski definition) is 6. The van der Waals surface area contributed by atoms with Gasteiger partial charge in [0.2, 0.25) is 0 Å². The molecule has 1 aliphatic heterocycles. The summed E-state index contributed by atoms with van der Waals surface area (Å²) in [5.41, 5.74) is 1.28. The second kappa shape index (κ2) is 9.72. The summed E-state index contributed by atoms with van der Waals surface area (Å²) < 4.78 is 19.9. The smallest absolute Gasteiger partial charge is 0.301 e. The Balaban J connectivity index is 1.65. The van der Waals surface area contributed by atoms with Crippen LogP contribution in [0, 0.1) is 5.82 Å². The second-order valence-electron chi connectivity index (χ2n) is 8.21. The van der Waals surface area contributed by atoms with Crippen molar-refractivity contribution in [2.75, 3.05) is 11.5 Å². The number of amides is 1. The topological polar surface area (TPSA) is 79.7 Å². The number of aromatic nitrogens is 1. The van der Waals surface area contributed by atoms with Gasteiger partial charge < -0.3 is 9.84 Å². The first-order chi connectivity index (χ1) is 17.4. The maximum atomic E-state index is 13.8. The molecular weight excluding hydrogens is 503 g/mol. The number of nitrogens with zero attached hydrogens (tertiary/aromatic N) is 2. The van der Waals surface area contributed by atoms with E-state index in [-0.39, 0.29) is 16.5 Å². The third-order valence-electron chi connectivity index (χ3n) is 5.75. The first-order valence-electron chi connectivity index (χ1n) is 11.2. The van der Waals surface area contributed by atoms with Gasteiger partial charge in [0.15, 0.2) is 5.13 Å². The summed E-state index contributed by atoms with van der Waals surface area (Å²) in [6, 6.07) is 16.5. The number of carbonyl (C=O) groups excluding carboxylic acids is 2. The van der Waals surface area contributed by atoms with Crippen LogP contribution in [0.15, 0.2) is 72.3 Å². The van der Waals surface area contributed by atoms with Gasteiger partial charge in [0.05, 0.1) is 28.4 Å². The first-order valence-corrected chi connectivity index (χ1v) is 12.4. The highest BCUT2D eigenvalue weighted by Gasteiger charge is 2.48. The van der Waals surface area contributed by atoms with Crippen LogP contribution >= 0.6 is 22.9 Å². The molecule has 2 heterocycles. The van der Waals surface area contributed by atoms with Gasteiger partial charge in [-0.05, 0) is 66.6 Å². The van der Waals surface area contributed by atoms with Gasteiger partial charge in [-0.25, -0.2) is 9.37 Å². The van der Waals surface area contributed by atoms with Gasteiger partial charge in [-0.3, -0.25) is 14.5 Å². The van der Waals surface area contributed by atoms with E-state index >= 15 is 0 Å². The molecule has 5 rings (SSSR count). The van der Waals surface area contributed by atoms with Gasteiger partial charge in [0.25, 0.3) is 5.78 Å². The van der Waals surface area contributed by atoms with Crippen molar-refractivity contribution in [3.63, 3.8) is 0 Å². The van der Waals surface area contributed by atoms with Gasteiger partial charge >= 0.3 is 5.91 Å². The fourth-order valence-electron chi connectivity index (χ4n) is 4.10. The molecule has 0 bridgehead atoms. The molecule has 1 unspecified atom stereocenters. The van der Waals surface area contributed by atoms with Crippen molar-refractivity contribution in [1.29, 1.82) is 0 Å². The van der Waals surface area contributed by atoms with E-state index in [1.165, 1.54) is 23.1 Å². The van der Waals surface area contributed by atoms with Crippen molar-refractivity contribution in [1.82, 2.24) is 4.98 Å². The molecule has 1 N–H and O–H groups in total. The maximum absolute atomic E-state index is 13.8. The average molecular weight is 523 g/mol. The Labute approximate surface area is 215 Å². The minimum Gasteiger partial charge on any atom is -0.507 e. The molecule has 4 aromatic rings. The second-order valence-corrected chi connectivity index (χ2v) is 9.65. The summed E-state index contributed by atoms with van der Waals surface area (Å²) >= 11 is 7.32. The molecule has 0 spiro atoms. The number of fused-ring (bicyclic) bond motifs is 1. The molecule has 0 radical (unpaired) electrons. The largest absolute Gasteiger partial charge is 0.507 e. The average Bonchev–Trinajstić information content (AvgIpc) is 3.40. The minimum atomic E-state index is -0.981. The van der Waals surface area contributed by atoms with E-state index in [9.17, 15) is 19.1 Å². The Kier molecular flexibility index (Phi) is 6.47. The Morgan fingerprint density at radius 3 is 2.64 bits per heavy atom. The number of hydrogen-bond donors (Lipinski definition) is 1. The van der Waals surface area contributed by atoms with Crippen LogP contribution in [-0.4, -0.2) is 28.4 Å². The van der Waals surface area contributed by atoms with Crippen LogP contribution < -0.4 is 9.64 Å². The van der Waals surface area contributed by atoms with Crippen LogP contribution in [0.3, 0.4) is 0 Å². The van der Waals surface area contributed by atoms with E-state index in [1.807, 2.05) is 6.92 Å². The Morgan fingerprint density at radius 1 is 1.14 bits per heavy atom. The van der Waals surface area contributed by atoms with Crippen LogP contribution in [0.1, 0.15) is 30.5 Å². The fraction of sp³-hybridized carbons (Fsp3) is 0.148. The first kappa shape index (κ1) is 24.0. The number of aliphatic hydroxyl groups is 1. The van der Waals surface area contributed by atoms with Crippen LogP contribution in [0.4, 0.5) is 9.52 Å². The van der Waals surface area contributed by atoms with Gasteiger partial charge in [0, 0.05) is 10.6 Å². The molecule has 1 saturated heterocycles. The molecule has 0 aliphatic carbocycles. The van der Waals surface area contributed by atoms with Crippen molar-refractivity contribution in [3.8, 4) is 5.75 Å². The SMILES string of the molecule is CCCOc1ccc(/C(O)=C2\C(=O)C(=O)N(c3nc4ccc(F)cc4s3)C2c2cccc(Cl)c2)cc1. The predicted molar refractivity (Wildman–Crippen MR) is 138 cm³/mol. The van der Waals surface area contributed by atoms with E-state index in [0.717, 1.165) is 17.8 Å². The summed E-state index contributed by atoms with van der Waals surface area (Å²) in [4.78, 5) is 32.3. The number of rotatable bonds is 6. The summed E-state index contributed by atoms with van der Waals surface area (Å²) in [5, 5.41) is 11.9. The highest BCUT2D eigenvalue weighted by Crippen LogP contribution is 2.44. The molecule has 9 heteroatoms. The molecule has 1 aliphatic rings. The van der Waals surface area contributed by atoms with Crippen LogP contribution in [0.25, 0.3) is 16.0 Å². The van der Waals surface area contributed by atoms with Gasteiger partial charge in [0.1, 0.15) is 17.3 Å². The summed E-state index contributed by atoms with van der Waals surface area (Å²) in [6.45, 7) is 2.55. The van der Waals surface area contributed by atoms with Crippen molar-refractivity contribution in [2.24, 2.45) is 0 Å². The maximum Gasteiger partial charge on any atom is 0.301 e. The normalized spacial score (nSPS) is 17.2. The van der Waals surface area contributed by atoms with Crippen molar-refractivity contribution in [2.45, 2.75) is 19.4 Å². The Hall–Kier alpha value is -3.75. The monoisotopic (exact) mass is 522 g/mol. The number of benzene rings is 3. The lowest BCUT2D eigenvalue weighted by atomic mass is 9.95. The Morgan fingerprint density at radius 2 is 1.92 bits per heavy atom. The fourth-order valence-corrected chi connectivity index (χ4v) is 5.31. The minimum absolute atomic E-state index is 0.0880. The number of thiazole rings is 1.